The number of oxime groups is 1. The van der Waals surface area contributed by atoms with Crippen molar-refractivity contribution in [3.05, 3.63) is 59.4 Å². The number of aromatic hydroxyl groups is 1. The Morgan fingerprint density at radius 2 is 2.04 bits per heavy atom. The number of rotatable bonds is 5. The van der Waals surface area contributed by atoms with E-state index in [0.717, 1.165) is 19.3 Å². The Hall–Kier alpha value is -2.93. The molecule has 1 fully saturated rings. The number of pyridine rings is 1. The Labute approximate surface area is 151 Å². The fourth-order valence-corrected chi connectivity index (χ4v) is 2.58. The molecular weight excluding hydrogens is 336 g/mol. The van der Waals surface area contributed by atoms with Gasteiger partial charge in [-0.05, 0) is 49.2 Å². The van der Waals surface area contributed by atoms with Gasteiger partial charge < -0.3 is 19.4 Å². The van der Waals surface area contributed by atoms with Crippen molar-refractivity contribution >= 4 is 11.7 Å². The molecule has 26 heavy (non-hydrogen) atoms. The first-order valence-electron chi connectivity index (χ1n) is 8.37. The molecule has 1 unspecified atom stereocenters. The molecule has 7 nitrogen and oxygen atoms in total. The van der Waals surface area contributed by atoms with E-state index in [0.29, 0.717) is 29.1 Å². The van der Waals surface area contributed by atoms with Gasteiger partial charge in [-0.2, -0.15) is 0 Å². The fourth-order valence-electron chi connectivity index (χ4n) is 2.58. The van der Waals surface area contributed by atoms with Crippen LogP contribution in [0.25, 0.3) is 0 Å². The van der Waals surface area contributed by atoms with Crippen molar-refractivity contribution in [1.82, 2.24) is 4.98 Å². The Balaban J connectivity index is 1.94. The third-order valence-electron chi connectivity index (χ3n) is 3.96. The van der Waals surface area contributed by atoms with Gasteiger partial charge in [0.1, 0.15) is 11.5 Å². The van der Waals surface area contributed by atoms with Crippen LogP contribution in [0.4, 0.5) is 0 Å². The molecule has 1 saturated heterocycles. The summed E-state index contributed by atoms with van der Waals surface area (Å²) < 4.78 is 10.3. The second kappa shape index (κ2) is 8.44. The lowest BCUT2D eigenvalue weighted by atomic mass is 10.1. The average molecular weight is 356 g/mol. The summed E-state index contributed by atoms with van der Waals surface area (Å²) in [6.45, 7) is 0.644. The molecule has 7 heteroatoms. The van der Waals surface area contributed by atoms with Gasteiger partial charge in [0.05, 0.1) is 25.0 Å². The van der Waals surface area contributed by atoms with Gasteiger partial charge in [0.2, 0.25) is 6.29 Å². The molecule has 2 aromatic rings. The number of phenolic OH excluding ortho intramolecular Hbond substituents is 1. The van der Waals surface area contributed by atoms with Gasteiger partial charge >= 0.3 is 5.97 Å². The van der Waals surface area contributed by atoms with Crippen LogP contribution in [0.5, 0.6) is 5.75 Å². The van der Waals surface area contributed by atoms with Gasteiger partial charge in [0.25, 0.3) is 0 Å². The predicted octanol–water partition coefficient (Wildman–Crippen LogP) is 2.87. The molecule has 0 amide bonds. The molecule has 136 valence electrons. The highest BCUT2D eigenvalue weighted by atomic mass is 16.8. The lowest BCUT2D eigenvalue weighted by Gasteiger charge is -2.20. The monoisotopic (exact) mass is 356 g/mol. The normalized spacial score (nSPS) is 17.6. The van der Waals surface area contributed by atoms with Gasteiger partial charge in [0.15, 0.2) is 0 Å². The lowest BCUT2D eigenvalue weighted by Crippen LogP contribution is -2.21. The molecule has 1 atom stereocenters. The van der Waals surface area contributed by atoms with E-state index < -0.39 is 12.3 Å². The van der Waals surface area contributed by atoms with Gasteiger partial charge in [-0.25, -0.2) is 4.79 Å². The molecule has 1 aliphatic heterocycles. The smallest absolute Gasteiger partial charge is 0.337 e. The SMILES string of the molecule is COC(=O)c1ccnc(/C(=N/OC2CCCCO2)c2ccc(O)cc2)c1. The summed E-state index contributed by atoms with van der Waals surface area (Å²) in [7, 11) is 1.32. The Kier molecular flexibility index (Phi) is 5.80. The van der Waals surface area contributed by atoms with Crippen molar-refractivity contribution in [2.24, 2.45) is 5.16 Å². The zero-order chi connectivity index (χ0) is 18.4. The third kappa shape index (κ3) is 4.37. The number of carbonyl (C=O) groups is 1. The fraction of sp³-hybridized carbons (Fsp3) is 0.316. The van der Waals surface area contributed by atoms with Crippen LogP contribution < -0.4 is 0 Å². The minimum atomic E-state index is -0.463. The molecule has 1 N–H and O–H groups in total. The summed E-state index contributed by atoms with van der Waals surface area (Å²) in [5.74, 6) is -0.323. The Morgan fingerprint density at radius 1 is 1.23 bits per heavy atom. The number of ether oxygens (including phenoxy) is 2. The van der Waals surface area contributed by atoms with Crippen LogP contribution in [-0.2, 0) is 14.3 Å². The zero-order valence-electron chi connectivity index (χ0n) is 14.4. The third-order valence-corrected chi connectivity index (χ3v) is 3.96. The first-order chi connectivity index (χ1) is 12.7. The van der Waals surface area contributed by atoms with E-state index in [2.05, 4.69) is 10.1 Å². The standard InChI is InChI=1S/C19H20N2O5/c1-24-19(23)14-9-10-20-16(12-14)18(13-5-7-15(22)8-6-13)21-26-17-4-2-3-11-25-17/h5-10,12,17,22H,2-4,11H2,1H3/b21-18+. The maximum Gasteiger partial charge on any atom is 0.337 e. The van der Waals surface area contributed by atoms with Crippen molar-refractivity contribution in [3.8, 4) is 5.75 Å². The van der Waals surface area contributed by atoms with Gasteiger partial charge in [-0.1, -0.05) is 5.16 Å². The van der Waals surface area contributed by atoms with Crippen LogP contribution in [0.1, 0.15) is 40.9 Å². The number of hydrogen-bond donors (Lipinski definition) is 1. The molecule has 1 aliphatic rings. The van der Waals surface area contributed by atoms with E-state index in [1.165, 1.54) is 13.3 Å². The molecule has 0 radical (unpaired) electrons. The summed E-state index contributed by atoms with van der Waals surface area (Å²) in [4.78, 5) is 21.7. The average Bonchev–Trinajstić information content (AvgIpc) is 2.70. The van der Waals surface area contributed by atoms with Crippen molar-refractivity contribution in [2.45, 2.75) is 25.6 Å². The molecule has 1 aromatic carbocycles. The summed E-state index contributed by atoms with van der Waals surface area (Å²) in [5.41, 5.74) is 1.94. The van der Waals surface area contributed by atoms with Crippen LogP contribution >= 0.6 is 0 Å². The molecule has 0 aliphatic carbocycles. The number of aromatic nitrogens is 1. The summed E-state index contributed by atoms with van der Waals surface area (Å²) >= 11 is 0. The Morgan fingerprint density at radius 3 is 2.73 bits per heavy atom. The largest absolute Gasteiger partial charge is 0.508 e. The van der Waals surface area contributed by atoms with E-state index in [1.807, 2.05) is 0 Å². The van der Waals surface area contributed by atoms with Crippen LogP contribution in [0.2, 0.25) is 0 Å². The van der Waals surface area contributed by atoms with E-state index in [1.54, 1.807) is 36.4 Å². The van der Waals surface area contributed by atoms with Crippen LogP contribution in [0.3, 0.4) is 0 Å². The quantitative estimate of drug-likeness (QED) is 0.503. The molecule has 3 rings (SSSR count). The molecule has 2 heterocycles. The van der Waals surface area contributed by atoms with Crippen molar-refractivity contribution < 1.29 is 24.2 Å². The van der Waals surface area contributed by atoms with E-state index in [9.17, 15) is 9.90 Å². The predicted molar refractivity (Wildman–Crippen MR) is 94.0 cm³/mol. The summed E-state index contributed by atoms with van der Waals surface area (Å²) in [5, 5.41) is 13.8. The minimum Gasteiger partial charge on any atom is -0.508 e. The topological polar surface area (TPSA) is 90.2 Å². The van der Waals surface area contributed by atoms with E-state index >= 15 is 0 Å². The molecule has 0 bridgehead atoms. The number of nitrogens with zero attached hydrogens (tertiary/aromatic N) is 2. The molecular formula is C19H20N2O5. The molecule has 1 aromatic heterocycles. The minimum absolute atomic E-state index is 0.140. The highest BCUT2D eigenvalue weighted by molar-refractivity contribution is 6.12. The summed E-state index contributed by atoms with van der Waals surface area (Å²) in [6.07, 6.45) is 3.90. The molecule has 0 spiro atoms. The van der Waals surface area contributed by atoms with Crippen LogP contribution in [0, 0.1) is 0 Å². The summed E-state index contributed by atoms with van der Waals surface area (Å²) in [6, 6.07) is 9.65. The van der Waals surface area contributed by atoms with Crippen LogP contribution in [0.15, 0.2) is 47.8 Å². The van der Waals surface area contributed by atoms with Crippen molar-refractivity contribution in [2.75, 3.05) is 13.7 Å². The number of phenols is 1. The van der Waals surface area contributed by atoms with E-state index in [-0.39, 0.29) is 5.75 Å². The zero-order valence-corrected chi connectivity index (χ0v) is 14.4. The highest BCUT2D eigenvalue weighted by Crippen LogP contribution is 2.18. The maximum atomic E-state index is 11.8. The van der Waals surface area contributed by atoms with E-state index in [4.69, 9.17) is 14.3 Å². The second-order valence-electron chi connectivity index (χ2n) is 5.81. The van der Waals surface area contributed by atoms with Crippen LogP contribution in [-0.4, -0.2) is 41.8 Å². The Bertz CT molecular complexity index is 783. The number of methoxy groups -OCH3 is 1. The number of hydrogen-bond acceptors (Lipinski definition) is 7. The number of benzene rings is 1. The van der Waals surface area contributed by atoms with Crippen molar-refractivity contribution in [3.63, 3.8) is 0 Å². The number of esters is 1. The lowest BCUT2D eigenvalue weighted by molar-refractivity contribution is -0.162. The van der Waals surface area contributed by atoms with Gasteiger partial charge in [-0.3, -0.25) is 4.98 Å². The molecule has 0 saturated carbocycles. The first kappa shape index (κ1) is 17.9. The maximum absolute atomic E-state index is 11.8. The van der Waals surface area contributed by atoms with Gasteiger partial charge in [0, 0.05) is 18.2 Å². The second-order valence-corrected chi connectivity index (χ2v) is 5.81. The number of carbonyl (C=O) groups excluding carboxylic acids is 1. The highest BCUT2D eigenvalue weighted by Gasteiger charge is 2.17. The first-order valence-corrected chi connectivity index (χ1v) is 8.37. The van der Waals surface area contributed by atoms with Crippen molar-refractivity contribution in [1.29, 1.82) is 0 Å². The van der Waals surface area contributed by atoms with Gasteiger partial charge in [-0.15, -0.1) is 0 Å².